The van der Waals surface area contributed by atoms with Gasteiger partial charge in [-0.1, -0.05) is 0 Å². The topological polar surface area (TPSA) is 85.2 Å². The first-order valence-corrected chi connectivity index (χ1v) is 8.34. The first-order chi connectivity index (χ1) is 11.8. The van der Waals surface area contributed by atoms with Crippen molar-refractivity contribution < 1.29 is 9.53 Å². The van der Waals surface area contributed by atoms with Gasteiger partial charge in [0.15, 0.2) is 0 Å². The number of hydrogen-bond acceptors (Lipinski definition) is 6. The number of ether oxygens (including phenoxy) is 1. The van der Waals surface area contributed by atoms with Crippen molar-refractivity contribution in [3.05, 3.63) is 29.7 Å². The van der Waals surface area contributed by atoms with Crippen molar-refractivity contribution in [1.82, 2.24) is 19.7 Å². The average molecular weight is 328 g/mol. The third-order valence-corrected chi connectivity index (χ3v) is 4.43. The molecule has 4 heterocycles. The zero-order chi connectivity index (χ0) is 16.4. The highest BCUT2D eigenvalue weighted by Crippen LogP contribution is 2.21. The fourth-order valence-electron chi connectivity index (χ4n) is 3.17. The summed E-state index contributed by atoms with van der Waals surface area (Å²) in [7, 11) is 0. The van der Waals surface area contributed by atoms with E-state index < -0.39 is 0 Å². The molecule has 1 N–H and O–H groups in total. The molecule has 8 nitrogen and oxygen atoms in total. The maximum atomic E-state index is 12.8. The number of anilines is 2. The Morgan fingerprint density at radius 1 is 1.17 bits per heavy atom. The summed E-state index contributed by atoms with van der Waals surface area (Å²) >= 11 is 0. The molecule has 0 aliphatic carbocycles. The minimum atomic E-state index is -0.203. The summed E-state index contributed by atoms with van der Waals surface area (Å²) in [5.41, 5.74) is 0.549. The van der Waals surface area contributed by atoms with E-state index in [1.807, 2.05) is 4.57 Å². The van der Waals surface area contributed by atoms with Crippen LogP contribution in [-0.4, -0.2) is 52.0 Å². The molecular weight excluding hydrogens is 308 g/mol. The van der Waals surface area contributed by atoms with Gasteiger partial charge in [-0.2, -0.15) is 0 Å². The Hall–Kier alpha value is -2.48. The molecular formula is C16H20N6O2. The number of aryl methyl sites for hydroxylation is 1. The van der Waals surface area contributed by atoms with E-state index in [4.69, 9.17) is 4.74 Å². The van der Waals surface area contributed by atoms with Crippen LogP contribution in [0.1, 0.15) is 29.0 Å². The number of carbonyl (C=O) groups is 1. The zero-order valence-electron chi connectivity index (χ0n) is 13.4. The molecule has 0 spiro atoms. The Morgan fingerprint density at radius 3 is 2.92 bits per heavy atom. The lowest BCUT2D eigenvalue weighted by atomic mass is 10.2. The monoisotopic (exact) mass is 328 g/mol. The molecule has 2 aliphatic heterocycles. The second kappa shape index (κ2) is 6.56. The number of hydrogen-bond donors (Lipinski definition) is 1. The van der Waals surface area contributed by atoms with Gasteiger partial charge in [0.25, 0.3) is 5.91 Å². The van der Waals surface area contributed by atoms with E-state index in [-0.39, 0.29) is 5.91 Å². The van der Waals surface area contributed by atoms with E-state index >= 15 is 0 Å². The fourth-order valence-corrected chi connectivity index (χ4v) is 3.17. The van der Waals surface area contributed by atoms with Crippen molar-refractivity contribution in [2.45, 2.75) is 25.8 Å². The molecule has 0 aromatic carbocycles. The lowest BCUT2D eigenvalue weighted by Crippen LogP contribution is -2.38. The molecule has 1 amide bonds. The van der Waals surface area contributed by atoms with Gasteiger partial charge in [0, 0.05) is 32.3 Å². The average Bonchev–Trinajstić information content (AvgIpc) is 3.05. The minimum Gasteiger partial charge on any atom is -0.378 e. The second-order valence-corrected chi connectivity index (χ2v) is 5.98. The summed E-state index contributed by atoms with van der Waals surface area (Å²) in [4.78, 5) is 19.3. The van der Waals surface area contributed by atoms with Crippen LogP contribution in [0.3, 0.4) is 0 Å². The number of nitrogens with zero attached hydrogens (tertiary/aromatic N) is 5. The van der Waals surface area contributed by atoms with Gasteiger partial charge >= 0.3 is 0 Å². The summed E-state index contributed by atoms with van der Waals surface area (Å²) in [5, 5.41) is 11.2. The summed E-state index contributed by atoms with van der Waals surface area (Å²) in [6, 6.07) is 3.57. The van der Waals surface area contributed by atoms with E-state index in [1.165, 1.54) is 0 Å². The van der Waals surface area contributed by atoms with Gasteiger partial charge in [0.1, 0.15) is 11.6 Å². The first kappa shape index (κ1) is 15.1. The quantitative estimate of drug-likeness (QED) is 0.908. The van der Waals surface area contributed by atoms with Crippen LogP contribution in [0.5, 0.6) is 0 Å². The molecule has 2 aromatic rings. The van der Waals surface area contributed by atoms with Crippen LogP contribution in [0, 0.1) is 0 Å². The van der Waals surface area contributed by atoms with Crippen LogP contribution in [0.15, 0.2) is 18.3 Å². The van der Waals surface area contributed by atoms with Gasteiger partial charge in [0.05, 0.1) is 18.8 Å². The molecule has 0 bridgehead atoms. The van der Waals surface area contributed by atoms with E-state index in [9.17, 15) is 4.79 Å². The number of aromatic nitrogens is 4. The van der Waals surface area contributed by atoms with Crippen LogP contribution in [0.4, 0.5) is 11.8 Å². The van der Waals surface area contributed by atoms with Crippen molar-refractivity contribution in [3.8, 4) is 0 Å². The molecule has 0 atom stereocenters. The van der Waals surface area contributed by atoms with E-state index in [0.29, 0.717) is 30.5 Å². The molecule has 2 aliphatic rings. The Morgan fingerprint density at radius 2 is 2.04 bits per heavy atom. The largest absolute Gasteiger partial charge is 0.378 e. The number of pyridine rings is 1. The van der Waals surface area contributed by atoms with E-state index in [2.05, 4.69) is 25.4 Å². The van der Waals surface area contributed by atoms with Gasteiger partial charge in [-0.25, -0.2) is 4.98 Å². The predicted octanol–water partition coefficient (Wildman–Crippen LogP) is 1.10. The molecule has 8 heteroatoms. The molecule has 1 saturated heterocycles. The normalized spacial score (nSPS) is 17.4. The molecule has 2 aromatic heterocycles. The van der Waals surface area contributed by atoms with Crippen molar-refractivity contribution in [3.63, 3.8) is 0 Å². The number of rotatable bonds is 3. The fraction of sp³-hybridized carbons (Fsp3) is 0.500. The van der Waals surface area contributed by atoms with E-state index in [0.717, 1.165) is 44.7 Å². The molecule has 0 radical (unpaired) electrons. The standard InChI is InChI=1S/C16H20N6O2/c23-15(18-16-20-19-13-5-1-2-7-22(13)16)12-4-3-6-17-14(12)21-8-10-24-11-9-21/h3-4,6H,1-2,5,7-11H2,(H,18,20,23). The molecule has 1 fully saturated rings. The Kier molecular flexibility index (Phi) is 4.12. The van der Waals surface area contributed by atoms with Gasteiger partial charge in [-0.15, -0.1) is 10.2 Å². The van der Waals surface area contributed by atoms with Crippen LogP contribution >= 0.6 is 0 Å². The Labute approximate surface area is 139 Å². The summed E-state index contributed by atoms with van der Waals surface area (Å²) < 4.78 is 7.37. The molecule has 126 valence electrons. The van der Waals surface area contributed by atoms with Crippen molar-refractivity contribution in [1.29, 1.82) is 0 Å². The zero-order valence-corrected chi connectivity index (χ0v) is 13.4. The SMILES string of the molecule is O=C(Nc1nnc2n1CCCC2)c1cccnc1N1CCOCC1. The third-order valence-electron chi connectivity index (χ3n) is 4.43. The summed E-state index contributed by atoms with van der Waals surface area (Å²) in [6.07, 6.45) is 4.82. The number of nitrogens with one attached hydrogen (secondary N) is 1. The number of carbonyl (C=O) groups excluding carboxylic acids is 1. The van der Waals surface area contributed by atoms with Gasteiger partial charge in [0.2, 0.25) is 5.95 Å². The van der Waals surface area contributed by atoms with Crippen LogP contribution < -0.4 is 10.2 Å². The van der Waals surface area contributed by atoms with Crippen LogP contribution in [-0.2, 0) is 17.7 Å². The van der Waals surface area contributed by atoms with E-state index in [1.54, 1.807) is 18.3 Å². The Bertz CT molecular complexity index is 738. The van der Waals surface area contributed by atoms with Crippen LogP contribution in [0.25, 0.3) is 0 Å². The number of morpholine rings is 1. The molecule has 0 saturated carbocycles. The predicted molar refractivity (Wildman–Crippen MR) is 88.2 cm³/mol. The lowest BCUT2D eigenvalue weighted by Gasteiger charge is -2.29. The van der Waals surface area contributed by atoms with Crippen molar-refractivity contribution >= 4 is 17.7 Å². The second-order valence-electron chi connectivity index (χ2n) is 5.98. The maximum absolute atomic E-state index is 12.8. The van der Waals surface area contributed by atoms with Gasteiger partial charge < -0.3 is 9.64 Å². The molecule has 24 heavy (non-hydrogen) atoms. The smallest absolute Gasteiger partial charge is 0.261 e. The highest BCUT2D eigenvalue weighted by atomic mass is 16.5. The maximum Gasteiger partial charge on any atom is 0.261 e. The van der Waals surface area contributed by atoms with Crippen molar-refractivity contribution in [2.75, 3.05) is 36.5 Å². The minimum absolute atomic E-state index is 0.203. The van der Waals surface area contributed by atoms with Crippen molar-refractivity contribution in [2.24, 2.45) is 0 Å². The number of fused-ring (bicyclic) bond motifs is 1. The lowest BCUT2D eigenvalue weighted by molar-refractivity contribution is 0.102. The highest BCUT2D eigenvalue weighted by Gasteiger charge is 2.22. The van der Waals surface area contributed by atoms with Gasteiger partial charge in [-0.3, -0.25) is 14.7 Å². The highest BCUT2D eigenvalue weighted by molar-refractivity contribution is 6.06. The summed E-state index contributed by atoms with van der Waals surface area (Å²) in [6.45, 7) is 3.61. The van der Waals surface area contributed by atoms with Crippen LogP contribution in [0.2, 0.25) is 0 Å². The number of amides is 1. The third kappa shape index (κ3) is 2.84. The van der Waals surface area contributed by atoms with Gasteiger partial charge in [-0.05, 0) is 25.0 Å². The Balaban J connectivity index is 1.57. The molecule has 4 rings (SSSR count). The summed E-state index contributed by atoms with van der Waals surface area (Å²) in [5.74, 6) is 1.95. The molecule has 0 unspecified atom stereocenters. The first-order valence-electron chi connectivity index (χ1n) is 8.34.